The third-order valence-electron chi connectivity index (χ3n) is 2.42. The molecule has 1 heterocycles. The number of hydrogen-bond donors (Lipinski definition) is 1. The lowest BCUT2D eigenvalue weighted by molar-refractivity contribution is -0.254. The number of imidazole rings is 1. The number of carbonyl (C=O) groups is 1. The van der Waals surface area contributed by atoms with Gasteiger partial charge in [-0.15, -0.1) is 0 Å². The van der Waals surface area contributed by atoms with Crippen molar-refractivity contribution in [3.63, 3.8) is 0 Å². The molecule has 0 aromatic carbocycles. The third-order valence-corrected chi connectivity index (χ3v) is 2.42. The van der Waals surface area contributed by atoms with Crippen LogP contribution < -0.4 is 0 Å². The van der Waals surface area contributed by atoms with Crippen molar-refractivity contribution >= 4 is 5.97 Å². The molecule has 0 bridgehead atoms. The van der Waals surface area contributed by atoms with Gasteiger partial charge in [-0.1, -0.05) is 6.58 Å². The number of rotatable bonds is 3. The van der Waals surface area contributed by atoms with Gasteiger partial charge in [0.1, 0.15) is 0 Å². The molecular formula is C10H11F3N2O3. The number of alkyl halides is 3. The number of nitrogens with zero attached hydrogens (tertiary/aromatic N) is 2. The second-order valence-corrected chi connectivity index (χ2v) is 3.54. The summed E-state index contributed by atoms with van der Waals surface area (Å²) in [4.78, 5) is 14.6. The van der Waals surface area contributed by atoms with Crippen LogP contribution in [-0.4, -0.2) is 33.9 Å². The number of aryl methyl sites for hydroxylation is 1. The molecule has 1 aromatic heterocycles. The van der Waals surface area contributed by atoms with E-state index in [1.165, 1.54) is 13.2 Å². The van der Waals surface area contributed by atoms with Gasteiger partial charge in [-0.05, 0) is 0 Å². The lowest BCUT2D eigenvalue weighted by atomic mass is 9.93. The Morgan fingerprint density at radius 3 is 2.44 bits per heavy atom. The van der Waals surface area contributed by atoms with Crippen molar-refractivity contribution in [3.05, 3.63) is 30.4 Å². The summed E-state index contributed by atoms with van der Waals surface area (Å²) in [5.74, 6) is -2.12. The Morgan fingerprint density at radius 1 is 1.56 bits per heavy atom. The first kappa shape index (κ1) is 14.2. The molecule has 8 heteroatoms. The van der Waals surface area contributed by atoms with Crippen molar-refractivity contribution in [1.29, 1.82) is 0 Å². The fraction of sp³-hybridized carbons (Fsp3) is 0.400. The SMILES string of the molecule is C=C(C(=O)OC)[C@@](O)(c1nccn1C)C(F)(F)F. The lowest BCUT2D eigenvalue weighted by Crippen LogP contribution is -2.47. The Bertz CT molecular complexity index is 481. The van der Waals surface area contributed by atoms with Crippen molar-refractivity contribution in [3.8, 4) is 0 Å². The van der Waals surface area contributed by atoms with Crippen LogP contribution in [0.2, 0.25) is 0 Å². The molecule has 1 N–H and O–H groups in total. The normalized spacial score (nSPS) is 15.0. The molecule has 0 spiro atoms. The third kappa shape index (κ3) is 1.99. The van der Waals surface area contributed by atoms with E-state index >= 15 is 0 Å². The van der Waals surface area contributed by atoms with Crippen LogP contribution in [0.4, 0.5) is 13.2 Å². The summed E-state index contributed by atoms with van der Waals surface area (Å²) in [6.45, 7) is 2.96. The number of esters is 1. The molecule has 0 aliphatic heterocycles. The van der Waals surface area contributed by atoms with Crippen molar-refractivity contribution in [2.24, 2.45) is 7.05 Å². The maximum absolute atomic E-state index is 13.0. The van der Waals surface area contributed by atoms with Crippen LogP contribution in [-0.2, 0) is 22.2 Å². The summed E-state index contributed by atoms with van der Waals surface area (Å²) in [5, 5.41) is 9.85. The molecule has 0 fully saturated rings. The van der Waals surface area contributed by atoms with E-state index in [-0.39, 0.29) is 0 Å². The highest BCUT2D eigenvalue weighted by Gasteiger charge is 2.61. The summed E-state index contributed by atoms with van der Waals surface area (Å²) in [5.41, 5.74) is -4.73. The molecule has 0 aliphatic rings. The predicted molar refractivity (Wildman–Crippen MR) is 54.3 cm³/mol. The predicted octanol–water partition coefficient (Wildman–Crippen LogP) is 0.899. The van der Waals surface area contributed by atoms with Crippen molar-refractivity contribution < 1.29 is 27.8 Å². The Balaban J connectivity index is 3.43. The Hall–Kier alpha value is -1.83. The zero-order valence-corrected chi connectivity index (χ0v) is 9.65. The highest BCUT2D eigenvalue weighted by molar-refractivity contribution is 5.90. The summed E-state index contributed by atoms with van der Waals surface area (Å²) in [6.07, 6.45) is -2.88. The monoisotopic (exact) mass is 264 g/mol. The number of hydrogen-bond acceptors (Lipinski definition) is 4. The fourth-order valence-corrected chi connectivity index (χ4v) is 1.42. The summed E-state index contributed by atoms with van der Waals surface area (Å²) >= 11 is 0. The second kappa shape index (κ2) is 4.45. The quantitative estimate of drug-likeness (QED) is 0.650. The summed E-state index contributed by atoms with van der Waals surface area (Å²) in [7, 11) is 2.15. The van der Waals surface area contributed by atoms with E-state index in [1.54, 1.807) is 0 Å². The van der Waals surface area contributed by atoms with E-state index < -0.39 is 29.1 Å². The zero-order valence-electron chi connectivity index (χ0n) is 9.65. The Morgan fingerprint density at radius 2 is 2.11 bits per heavy atom. The largest absolute Gasteiger partial charge is 0.466 e. The van der Waals surface area contributed by atoms with Crippen molar-refractivity contribution in [1.82, 2.24) is 9.55 Å². The number of ether oxygens (including phenoxy) is 1. The van der Waals surface area contributed by atoms with Crippen molar-refractivity contribution in [2.75, 3.05) is 7.11 Å². The molecular weight excluding hydrogens is 253 g/mol. The number of methoxy groups -OCH3 is 1. The zero-order chi connectivity index (χ0) is 14.1. The Kier molecular flexibility index (Phi) is 3.52. The average molecular weight is 264 g/mol. The van der Waals surface area contributed by atoms with Gasteiger partial charge < -0.3 is 14.4 Å². The number of aliphatic hydroxyl groups is 1. The first-order valence-electron chi connectivity index (χ1n) is 4.70. The van der Waals surface area contributed by atoms with E-state index in [9.17, 15) is 23.1 Å². The van der Waals surface area contributed by atoms with Gasteiger partial charge in [0.25, 0.3) is 5.60 Å². The minimum absolute atomic E-state index is 0.759. The summed E-state index contributed by atoms with van der Waals surface area (Å²) < 4.78 is 44.2. The van der Waals surface area contributed by atoms with Crippen molar-refractivity contribution in [2.45, 2.75) is 11.8 Å². The first-order chi connectivity index (χ1) is 8.16. The van der Waals surface area contributed by atoms with Gasteiger partial charge in [0.05, 0.1) is 12.7 Å². The fourth-order valence-electron chi connectivity index (χ4n) is 1.42. The van der Waals surface area contributed by atoms with Gasteiger partial charge in [0.15, 0.2) is 5.82 Å². The molecule has 100 valence electrons. The number of halogens is 3. The molecule has 0 unspecified atom stereocenters. The van der Waals surface area contributed by atoms with Crippen LogP contribution in [0.25, 0.3) is 0 Å². The first-order valence-corrected chi connectivity index (χ1v) is 4.70. The molecule has 0 aliphatic carbocycles. The maximum Gasteiger partial charge on any atom is 0.429 e. The van der Waals surface area contributed by atoms with Crippen LogP contribution >= 0.6 is 0 Å². The van der Waals surface area contributed by atoms with Gasteiger partial charge in [0.2, 0.25) is 0 Å². The van der Waals surface area contributed by atoms with Gasteiger partial charge >= 0.3 is 12.1 Å². The van der Waals surface area contributed by atoms with Crippen LogP contribution in [0.15, 0.2) is 24.5 Å². The maximum atomic E-state index is 13.0. The number of aromatic nitrogens is 2. The molecule has 1 aromatic rings. The van der Waals surface area contributed by atoms with Gasteiger partial charge in [-0.2, -0.15) is 13.2 Å². The minimum Gasteiger partial charge on any atom is -0.466 e. The lowest BCUT2D eigenvalue weighted by Gasteiger charge is -2.30. The van der Waals surface area contributed by atoms with E-state index in [0.717, 1.165) is 17.9 Å². The molecule has 0 amide bonds. The summed E-state index contributed by atoms with van der Waals surface area (Å²) in [6, 6.07) is 0. The second-order valence-electron chi connectivity index (χ2n) is 3.54. The van der Waals surface area contributed by atoms with Crippen LogP contribution in [0.3, 0.4) is 0 Å². The van der Waals surface area contributed by atoms with E-state index in [0.29, 0.717) is 0 Å². The van der Waals surface area contributed by atoms with Gasteiger partial charge in [-0.25, -0.2) is 9.78 Å². The number of carbonyl (C=O) groups excluding carboxylic acids is 1. The van der Waals surface area contributed by atoms with E-state index in [2.05, 4.69) is 16.3 Å². The standard InChI is InChI=1S/C10H11F3N2O3/c1-6(7(16)18-3)9(17,10(11,12)13)8-14-4-5-15(8)2/h4-5,17H,1H2,2-3H3/t9-/m1/s1. The average Bonchev–Trinajstić information content (AvgIpc) is 2.71. The molecule has 1 atom stereocenters. The molecule has 0 saturated heterocycles. The Labute approximate surface area is 101 Å². The molecule has 18 heavy (non-hydrogen) atoms. The van der Waals surface area contributed by atoms with Crippen LogP contribution in [0, 0.1) is 0 Å². The molecule has 0 saturated carbocycles. The van der Waals surface area contributed by atoms with E-state index in [4.69, 9.17) is 0 Å². The van der Waals surface area contributed by atoms with E-state index in [1.807, 2.05) is 0 Å². The minimum atomic E-state index is -5.16. The topological polar surface area (TPSA) is 64.3 Å². The highest BCUT2D eigenvalue weighted by Crippen LogP contribution is 2.43. The van der Waals surface area contributed by atoms with Gasteiger partial charge in [-0.3, -0.25) is 0 Å². The highest BCUT2D eigenvalue weighted by atomic mass is 19.4. The molecule has 1 rings (SSSR count). The molecule has 5 nitrogen and oxygen atoms in total. The van der Waals surface area contributed by atoms with Crippen LogP contribution in [0.1, 0.15) is 5.82 Å². The van der Waals surface area contributed by atoms with Crippen LogP contribution in [0.5, 0.6) is 0 Å². The molecule has 0 radical (unpaired) electrons. The smallest absolute Gasteiger partial charge is 0.429 e. The van der Waals surface area contributed by atoms with Gasteiger partial charge in [0, 0.05) is 19.4 Å².